The Labute approximate surface area is 221 Å². The molecule has 1 spiro atoms. The van der Waals surface area contributed by atoms with Crippen molar-refractivity contribution in [1.29, 1.82) is 0 Å². The molecule has 0 bridgehead atoms. The van der Waals surface area contributed by atoms with Gasteiger partial charge in [-0.25, -0.2) is 9.37 Å². The molecule has 0 unspecified atom stereocenters. The summed E-state index contributed by atoms with van der Waals surface area (Å²) in [7, 11) is 3.28. The van der Waals surface area contributed by atoms with Gasteiger partial charge in [0.2, 0.25) is 5.95 Å². The number of methoxy groups -OCH3 is 1. The molecule has 38 heavy (non-hydrogen) atoms. The van der Waals surface area contributed by atoms with E-state index >= 15 is 0 Å². The van der Waals surface area contributed by atoms with Crippen molar-refractivity contribution in [3.63, 3.8) is 0 Å². The fourth-order valence-corrected chi connectivity index (χ4v) is 5.92. The Morgan fingerprint density at radius 2 is 2.05 bits per heavy atom. The summed E-state index contributed by atoms with van der Waals surface area (Å²) < 4.78 is 26.7. The molecule has 1 N–H and O–H groups in total. The third-order valence-electron chi connectivity index (χ3n) is 8.37. The maximum atomic E-state index is 14.0. The van der Waals surface area contributed by atoms with Crippen molar-refractivity contribution in [2.45, 2.75) is 44.4 Å². The van der Waals surface area contributed by atoms with Crippen LogP contribution in [0.2, 0.25) is 0 Å². The monoisotopic (exact) mass is 520 g/mol. The Morgan fingerprint density at radius 1 is 1.21 bits per heavy atom. The zero-order valence-corrected chi connectivity index (χ0v) is 22.0. The van der Waals surface area contributed by atoms with Crippen LogP contribution in [0.4, 0.5) is 10.3 Å². The van der Waals surface area contributed by atoms with E-state index in [2.05, 4.69) is 26.3 Å². The summed E-state index contributed by atoms with van der Waals surface area (Å²) in [5, 5.41) is 3.12. The number of aromatic nitrogens is 3. The number of pyridine rings is 1. The predicted octanol–water partition coefficient (Wildman–Crippen LogP) is 3.25. The second-order valence-electron chi connectivity index (χ2n) is 10.5. The molecule has 1 atom stereocenters. The van der Waals surface area contributed by atoms with Gasteiger partial charge in [-0.05, 0) is 42.5 Å². The molecule has 10 heteroatoms. The highest BCUT2D eigenvalue weighted by Crippen LogP contribution is 2.40. The molecule has 3 aliphatic rings. The Morgan fingerprint density at radius 3 is 2.74 bits per heavy atom. The molecule has 0 saturated carbocycles. The number of hydrogen-bond donors (Lipinski definition) is 1. The number of rotatable bonds is 8. The normalized spacial score (nSPS) is 19.1. The van der Waals surface area contributed by atoms with Crippen LogP contribution in [0, 0.1) is 5.82 Å². The van der Waals surface area contributed by atoms with E-state index in [0.29, 0.717) is 18.8 Å². The van der Waals surface area contributed by atoms with Gasteiger partial charge in [-0.1, -0.05) is 6.07 Å². The Hall–Kier alpha value is -3.50. The first kappa shape index (κ1) is 24.8. The molecule has 3 aliphatic heterocycles. The van der Waals surface area contributed by atoms with Crippen LogP contribution in [-0.2, 0) is 24.2 Å². The van der Waals surface area contributed by atoms with Crippen molar-refractivity contribution in [2.75, 3.05) is 45.8 Å². The van der Waals surface area contributed by atoms with Crippen molar-refractivity contribution >= 4 is 11.9 Å². The summed E-state index contributed by atoms with van der Waals surface area (Å²) in [6, 6.07) is 5.53. The minimum atomic E-state index is -0.519. The highest BCUT2D eigenvalue weighted by molar-refractivity contribution is 5.97. The Bertz CT molecular complexity index is 1370. The number of nitrogens with zero attached hydrogens (tertiary/aromatic N) is 5. The molecule has 2 aromatic heterocycles. The number of benzene rings is 1. The van der Waals surface area contributed by atoms with Crippen molar-refractivity contribution in [2.24, 2.45) is 0 Å². The van der Waals surface area contributed by atoms with Crippen molar-refractivity contribution in [3.05, 3.63) is 70.6 Å². The van der Waals surface area contributed by atoms with Crippen LogP contribution < -0.4 is 10.1 Å². The van der Waals surface area contributed by atoms with Gasteiger partial charge in [-0.3, -0.25) is 14.7 Å². The summed E-state index contributed by atoms with van der Waals surface area (Å²) in [6.45, 7) is 6.52. The third-order valence-corrected chi connectivity index (χ3v) is 8.37. The van der Waals surface area contributed by atoms with Crippen LogP contribution in [0.1, 0.15) is 52.1 Å². The molecule has 2 fully saturated rings. The second kappa shape index (κ2) is 9.67. The van der Waals surface area contributed by atoms with E-state index < -0.39 is 5.82 Å². The van der Waals surface area contributed by atoms with Gasteiger partial charge in [-0.15, -0.1) is 0 Å². The molecule has 5 heterocycles. The largest absolute Gasteiger partial charge is 0.494 e. The zero-order valence-electron chi connectivity index (χ0n) is 22.0. The lowest BCUT2D eigenvalue weighted by Crippen LogP contribution is -2.70. The average Bonchev–Trinajstić information content (AvgIpc) is 3.33. The van der Waals surface area contributed by atoms with Gasteiger partial charge in [0.1, 0.15) is 0 Å². The number of fused-ring (bicyclic) bond motifs is 1. The van der Waals surface area contributed by atoms with Crippen LogP contribution in [-0.4, -0.2) is 76.2 Å². The van der Waals surface area contributed by atoms with E-state index in [-0.39, 0.29) is 23.2 Å². The molecule has 3 aromatic rings. The molecule has 0 aliphatic carbocycles. The van der Waals surface area contributed by atoms with E-state index in [0.717, 1.165) is 68.0 Å². The second-order valence-corrected chi connectivity index (χ2v) is 10.5. The smallest absolute Gasteiger partial charge is 0.254 e. The number of likely N-dealkylation sites (tertiary alicyclic amines) is 1. The van der Waals surface area contributed by atoms with Crippen LogP contribution in [0.15, 0.2) is 36.8 Å². The van der Waals surface area contributed by atoms with E-state index in [1.807, 2.05) is 35.7 Å². The number of halogens is 1. The summed E-state index contributed by atoms with van der Waals surface area (Å²) >= 11 is 0. The van der Waals surface area contributed by atoms with Crippen LogP contribution in [0.5, 0.6) is 5.75 Å². The standard InChI is InChI=1S/C28H33FN6O3/c1-18(24-12-25(37-3)23(29)13-32-24)35-7-4-21-20(15-34-8-5-28(34)16-38-17-28)10-19(11-22(21)26(35)36)14-33-9-6-31-27(33)30-2/h6,9-13,18H,4-5,7-8,14-17H2,1-3H3,(H,30,31)/t18-/m0/s1. The van der Waals surface area contributed by atoms with Gasteiger partial charge in [0.25, 0.3) is 5.91 Å². The maximum absolute atomic E-state index is 14.0. The SMILES string of the molecule is CNc1nccn1Cc1cc(CN2CCC23COC3)c2c(c1)C(=O)N([C@@H](C)c1cc(OC)c(F)cn1)CC2. The Balaban J connectivity index is 1.34. The molecular formula is C28H33FN6O3. The van der Waals surface area contributed by atoms with Gasteiger partial charge in [0.15, 0.2) is 11.6 Å². The minimum Gasteiger partial charge on any atom is -0.494 e. The molecule has 1 amide bonds. The summed E-state index contributed by atoms with van der Waals surface area (Å²) in [5.74, 6) is 0.349. The number of nitrogens with one attached hydrogen (secondary N) is 1. The van der Waals surface area contributed by atoms with E-state index in [9.17, 15) is 9.18 Å². The molecule has 6 rings (SSSR count). The fraction of sp³-hybridized carbons (Fsp3) is 0.464. The molecule has 2 saturated heterocycles. The summed E-state index contributed by atoms with van der Waals surface area (Å²) in [6.07, 6.45) is 6.77. The third kappa shape index (κ3) is 4.12. The minimum absolute atomic E-state index is 0.0308. The number of ether oxygens (including phenoxy) is 2. The van der Waals surface area contributed by atoms with Gasteiger partial charge in [0, 0.05) is 50.7 Å². The topological polar surface area (TPSA) is 84.8 Å². The molecule has 9 nitrogen and oxygen atoms in total. The van der Waals surface area contributed by atoms with Gasteiger partial charge in [-0.2, -0.15) is 0 Å². The van der Waals surface area contributed by atoms with Crippen LogP contribution in [0.3, 0.4) is 0 Å². The zero-order chi connectivity index (χ0) is 26.4. The Kier molecular flexibility index (Phi) is 6.31. The average molecular weight is 521 g/mol. The summed E-state index contributed by atoms with van der Waals surface area (Å²) in [4.78, 5) is 26.9. The van der Waals surface area contributed by atoms with Crippen LogP contribution in [0.25, 0.3) is 0 Å². The van der Waals surface area contributed by atoms with Gasteiger partial charge < -0.3 is 24.3 Å². The molecule has 200 valence electrons. The number of amides is 1. The molecular weight excluding hydrogens is 487 g/mol. The van der Waals surface area contributed by atoms with Gasteiger partial charge in [0.05, 0.1) is 50.3 Å². The number of carbonyl (C=O) groups is 1. The first-order valence-electron chi connectivity index (χ1n) is 13.1. The van der Waals surface area contributed by atoms with Gasteiger partial charge >= 0.3 is 0 Å². The number of imidazole rings is 1. The van der Waals surface area contributed by atoms with E-state index in [1.165, 1.54) is 12.7 Å². The predicted molar refractivity (Wildman–Crippen MR) is 140 cm³/mol. The quantitative estimate of drug-likeness (QED) is 0.488. The number of hydrogen-bond acceptors (Lipinski definition) is 7. The lowest BCUT2D eigenvalue weighted by atomic mass is 9.81. The van der Waals surface area contributed by atoms with E-state index in [1.54, 1.807) is 12.3 Å². The van der Waals surface area contributed by atoms with Crippen molar-refractivity contribution in [3.8, 4) is 5.75 Å². The van der Waals surface area contributed by atoms with Crippen molar-refractivity contribution in [1.82, 2.24) is 24.3 Å². The molecule has 1 aromatic carbocycles. The number of carbonyl (C=O) groups excluding carboxylic acids is 1. The first-order valence-corrected chi connectivity index (χ1v) is 13.1. The lowest BCUT2D eigenvalue weighted by molar-refractivity contribution is -0.196. The highest BCUT2D eigenvalue weighted by Gasteiger charge is 2.50. The van der Waals surface area contributed by atoms with Crippen LogP contribution >= 0.6 is 0 Å². The molecule has 0 radical (unpaired) electrons. The number of anilines is 1. The fourth-order valence-electron chi connectivity index (χ4n) is 5.92. The maximum Gasteiger partial charge on any atom is 0.254 e. The summed E-state index contributed by atoms with van der Waals surface area (Å²) in [5.41, 5.74) is 4.87. The lowest BCUT2D eigenvalue weighted by Gasteiger charge is -2.58. The van der Waals surface area contributed by atoms with Crippen molar-refractivity contribution < 1.29 is 18.7 Å². The highest BCUT2D eigenvalue weighted by atomic mass is 19.1. The first-order chi connectivity index (χ1) is 18.4. The van der Waals surface area contributed by atoms with E-state index in [4.69, 9.17) is 9.47 Å².